The molecular weight excluding hydrogens is 378 g/mol. The van der Waals surface area contributed by atoms with Crippen LogP contribution < -0.4 is 10.2 Å². The Kier molecular flexibility index (Phi) is 5.52. The number of aryl methyl sites for hydroxylation is 2. The molecule has 0 saturated heterocycles. The van der Waals surface area contributed by atoms with Crippen LogP contribution >= 0.6 is 0 Å². The van der Waals surface area contributed by atoms with Crippen molar-refractivity contribution in [3.05, 3.63) is 95.5 Å². The molecule has 0 aliphatic carbocycles. The van der Waals surface area contributed by atoms with Crippen LogP contribution in [-0.2, 0) is 6.54 Å². The van der Waals surface area contributed by atoms with Gasteiger partial charge >= 0.3 is 0 Å². The molecule has 4 rings (SSSR count). The Labute approximate surface area is 174 Å². The maximum absolute atomic E-state index is 12.7. The van der Waals surface area contributed by atoms with Crippen LogP contribution in [0.25, 0.3) is 0 Å². The van der Waals surface area contributed by atoms with E-state index in [-0.39, 0.29) is 11.6 Å². The van der Waals surface area contributed by atoms with E-state index in [1.165, 1.54) is 0 Å². The number of hydrogen-bond acceptors (Lipinski definition) is 6. The Morgan fingerprint density at radius 3 is 2.33 bits per heavy atom. The normalized spacial score (nSPS) is 10.6. The van der Waals surface area contributed by atoms with Crippen molar-refractivity contribution >= 4 is 23.4 Å². The number of carbonyl (C=O) groups is 1. The molecule has 0 atom stereocenters. The number of aromatic nitrogens is 3. The molecule has 4 aromatic rings. The van der Waals surface area contributed by atoms with E-state index in [4.69, 9.17) is 4.52 Å². The van der Waals surface area contributed by atoms with Gasteiger partial charge in [0.05, 0.1) is 6.54 Å². The zero-order valence-corrected chi connectivity index (χ0v) is 16.7. The minimum absolute atomic E-state index is 0.257. The Morgan fingerprint density at radius 2 is 1.67 bits per heavy atom. The van der Waals surface area contributed by atoms with E-state index in [0.717, 1.165) is 11.3 Å². The number of carbonyl (C=O) groups excluding carboxylic acids is 1. The summed E-state index contributed by atoms with van der Waals surface area (Å²) in [7, 11) is 0. The maximum Gasteiger partial charge on any atom is 0.275 e. The van der Waals surface area contributed by atoms with Crippen LogP contribution in [0.2, 0.25) is 0 Å². The van der Waals surface area contributed by atoms with Crippen molar-refractivity contribution in [2.75, 3.05) is 10.2 Å². The minimum atomic E-state index is -0.372. The van der Waals surface area contributed by atoms with Crippen LogP contribution in [-0.4, -0.2) is 21.0 Å². The predicted molar refractivity (Wildman–Crippen MR) is 115 cm³/mol. The monoisotopic (exact) mass is 399 g/mol. The number of amides is 1. The molecule has 2 aromatic carbocycles. The second kappa shape index (κ2) is 8.57. The molecule has 0 saturated carbocycles. The maximum atomic E-state index is 12.7. The number of rotatable bonds is 6. The van der Waals surface area contributed by atoms with Crippen LogP contribution in [0.4, 0.5) is 17.5 Å². The number of benzene rings is 2. The summed E-state index contributed by atoms with van der Waals surface area (Å²) in [6.45, 7) is 4.17. The lowest BCUT2D eigenvalue weighted by Crippen LogP contribution is -2.22. The van der Waals surface area contributed by atoms with Gasteiger partial charge in [0, 0.05) is 17.4 Å². The van der Waals surface area contributed by atoms with Crippen molar-refractivity contribution in [2.45, 2.75) is 20.4 Å². The fourth-order valence-electron chi connectivity index (χ4n) is 3.05. The van der Waals surface area contributed by atoms with Crippen LogP contribution in [0.15, 0.2) is 77.3 Å². The van der Waals surface area contributed by atoms with Gasteiger partial charge in [-0.15, -0.1) is 0 Å². The largest absolute Gasteiger partial charge is 0.360 e. The highest BCUT2D eigenvalue weighted by atomic mass is 16.5. The predicted octanol–water partition coefficient (Wildman–Crippen LogP) is 4.67. The van der Waals surface area contributed by atoms with Gasteiger partial charge < -0.3 is 14.7 Å². The third kappa shape index (κ3) is 4.52. The highest BCUT2D eigenvalue weighted by Gasteiger charge is 2.18. The van der Waals surface area contributed by atoms with Crippen LogP contribution in [0.3, 0.4) is 0 Å². The molecule has 2 heterocycles. The van der Waals surface area contributed by atoms with Gasteiger partial charge in [0.1, 0.15) is 11.5 Å². The number of nitrogens with zero attached hydrogens (tertiary/aromatic N) is 4. The van der Waals surface area contributed by atoms with E-state index in [1.807, 2.05) is 72.5 Å². The summed E-state index contributed by atoms with van der Waals surface area (Å²) in [5.74, 6) is 1.04. The molecule has 1 amide bonds. The van der Waals surface area contributed by atoms with Crippen molar-refractivity contribution in [1.29, 1.82) is 0 Å². The van der Waals surface area contributed by atoms with E-state index < -0.39 is 0 Å². The van der Waals surface area contributed by atoms with Gasteiger partial charge in [-0.1, -0.05) is 53.7 Å². The van der Waals surface area contributed by atoms with Crippen molar-refractivity contribution in [2.24, 2.45) is 0 Å². The summed E-state index contributed by atoms with van der Waals surface area (Å²) < 4.78 is 5.01. The van der Waals surface area contributed by atoms with Gasteiger partial charge in [0.15, 0.2) is 5.82 Å². The first-order valence-electron chi connectivity index (χ1n) is 9.55. The van der Waals surface area contributed by atoms with Crippen molar-refractivity contribution < 1.29 is 9.32 Å². The van der Waals surface area contributed by atoms with E-state index in [1.54, 1.807) is 19.1 Å². The minimum Gasteiger partial charge on any atom is -0.360 e. The van der Waals surface area contributed by atoms with Gasteiger partial charge in [-0.25, -0.2) is 9.97 Å². The molecule has 0 aliphatic heterocycles. The van der Waals surface area contributed by atoms with Crippen molar-refractivity contribution in [3.8, 4) is 0 Å². The van der Waals surface area contributed by atoms with E-state index in [0.29, 0.717) is 29.8 Å². The van der Waals surface area contributed by atoms with E-state index in [2.05, 4.69) is 20.4 Å². The van der Waals surface area contributed by atoms with Crippen LogP contribution in [0.5, 0.6) is 0 Å². The fourth-order valence-corrected chi connectivity index (χ4v) is 3.05. The Balaban J connectivity index is 1.69. The number of anilines is 3. The lowest BCUT2D eigenvalue weighted by Gasteiger charge is -2.23. The average molecular weight is 399 g/mol. The van der Waals surface area contributed by atoms with Crippen molar-refractivity contribution in [1.82, 2.24) is 15.1 Å². The molecule has 7 heteroatoms. The molecule has 0 aliphatic rings. The Morgan fingerprint density at radius 1 is 0.967 bits per heavy atom. The Bertz CT molecular complexity index is 1140. The van der Waals surface area contributed by atoms with Crippen molar-refractivity contribution in [3.63, 3.8) is 0 Å². The summed E-state index contributed by atoms with van der Waals surface area (Å²) in [5.41, 5.74) is 2.99. The molecule has 0 fully saturated rings. The van der Waals surface area contributed by atoms with Gasteiger partial charge in [-0.3, -0.25) is 4.79 Å². The molecule has 1 N–H and O–H groups in total. The summed E-state index contributed by atoms with van der Waals surface area (Å²) in [4.78, 5) is 23.9. The molecule has 0 bridgehead atoms. The number of para-hydroxylation sites is 1. The smallest absolute Gasteiger partial charge is 0.275 e. The zero-order valence-electron chi connectivity index (χ0n) is 16.7. The second-order valence-corrected chi connectivity index (χ2v) is 6.88. The molecule has 0 spiro atoms. The molecular formula is C23H21N5O2. The fraction of sp³-hybridized carbons (Fsp3) is 0.130. The lowest BCUT2D eigenvalue weighted by molar-refractivity contribution is 0.102. The quantitative estimate of drug-likeness (QED) is 0.507. The first-order valence-corrected chi connectivity index (χ1v) is 9.55. The summed E-state index contributed by atoms with van der Waals surface area (Å²) >= 11 is 0. The van der Waals surface area contributed by atoms with Gasteiger partial charge in [0.25, 0.3) is 5.91 Å². The first kappa shape index (κ1) is 19.3. The summed E-state index contributed by atoms with van der Waals surface area (Å²) in [6.07, 6.45) is 0. The third-order valence-electron chi connectivity index (χ3n) is 4.44. The summed E-state index contributed by atoms with van der Waals surface area (Å²) in [6, 6.07) is 23.2. The summed E-state index contributed by atoms with van der Waals surface area (Å²) in [5, 5.41) is 6.51. The molecule has 7 nitrogen and oxygen atoms in total. The van der Waals surface area contributed by atoms with E-state index in [9.17, 15) is 4.79 Å². The molecule has 30 heavy (non-hydrogen) atoms. The van der Waals surface area contributed by atoms with Gasteiger partial charge in [-0.05, 0) is 37.6 Å². The van der Waals surface area contributed by atoms with Crippen LogP contribution in [0, 0.1) is 13.8 Å². The number of nitrogens with one attached hydrogen (secondary N) is 1. The SMILES string of the molecule is Cc1cc(C(=O)Nc2cc(C)on2)nc(N(Cc2ccccc2)c2ccccc2)n1. The zero-order chi connectivity index (χ0) is 20.9. The highest BCUT2D eigenvalue weighted by molar-refractivity contribution is 6.02. The lowest BCUT2D eigenvalue weighted by atomic mass is 10.2. The Hall–Kier alpha value is -4.00. The topological polar surface area (TPSA) is 84.2 Å². The molecule has 150 valence electrons. The average Bonchev–Trinajstić information content (AvgIpc) is 3.17. The molecule has 0 radical (unpaired) electrons. The van der Waals surface area contributed by atoms with Gasteiger partial charge in [-0.2, -0.15) is 0 Å². The third-order valence-corrected chi connectivity index (χ3v) is 4.44. The molecule has 2 aromatic heterocycles. The van der Waals surface area contributed by atoms with Gasteiger partial charge in [0.2, 0.25) is 5.95 Å². The second-order valence-electron chi connectivity index (χ2n) is 6.88. The first-order chi connectivity index (χ1) is 14.6. The molecule has 0 unspecified atom stereocenters. The standard InChI is InChI=1S/C23H21N5O2/c1-16-13-20(22(29)26-21-14-17(2)30-27-21)25-23(24-16)28(19-11-7-4-8-12-19)15-18-9-5-3-6-10-18/h3-14H,15H2,1-2H3,(H,26,27,29). The number of hydrogen-bond donors (Lipinski definition) is 1. The highest BCUT2D eigenvalue weighted by Crippen LogP contribution is 2.25. The van der Waals surface area contributed by atoms with Crippen LogP contribution in [0.1, 0.15) is 27.5 Å². The van der Waals surface area contributed by atoms with E-state index >= 15 is 0 Å².